The fourth-order valence-electron chi connectivity index (χ4n) is 2.38. The highest BCUT2D eigenvalue weighted by molar-refractivity contribution is 5.83. The SMILES string of the molecule is C=C(O)c1ccc(Nc2ccc(C(F)(F)F)cc2)c(/C(=C/C)N=CC)c1. The molecule has 136 valence electrons. The van der Waals surface area contributed by atoms with Gasteiger partial charge in [0.15, 0.2) is 0 Å². The van der Waals surface area contributed by atoms with Crippen LogP contribution in [0.2, 0.25) is 0 Å². The van der Waals surface area contributed by atoms with Crippen molar-refractivity contribution in [2.24, 2.45) is 4.99 Å². The van der Waals surface area contributed by atoms with Gasteiger partial charge in [0.25, 0.3) is 0 Å². The Hall–Kier alpha value is -3.02. The van der Waals surface area contributed by atoms with E-state index in [2.05, 4.69) is 16.9 Å². The molecule has 6 heteroatoms. The maximum atomic E-state index is 12.7. The molecule has 0 atom stereocenters. The summed E-state index contributed by atoms with van der Waals surface area (Å²) in [4.78, 5) is 4.30. The molecule has 0 aromatic heterocycles. The summed E-state index contributed by atoms with van der Waals surface area (Å²) in [5.74, 6) is -0.0803. The fraction of sp³-hybridized carbons (Fsp3) is 0.150. The van der Waals surface area contributed by atoms with Crippen LogP contribution in [0.5, 0.6) is 0 Å². The number of nitrogens with one attached hydrogen (secondary N) is 1. The highest BCUT2D eigenvalue weighted by atomic mass is 19.4. The van der Waals surface area contributed by atoms with Crippen LogP contribution in [0.15, 0.2) is 60.1 Å². The van der Waals surface area contributed by atoms with Crippen molar-refractivity contribution < 1.29 is 18.3 Å². The molecular formula is C20H19F3N2O. The predicted molar refractivity (Wildman–Crippen MR) is 101 cm³/mol. The summed E-state index contributed by atoms with van der Waals surface area (Å²) < 4.78 is 38.1. The van der Waals surface area contributed by atoms with Crippen LogP contribution in [0.1, 0.15) is 30.5 Å². The monoisotopic (exact) mass is 360 g/mol. The minimum Gasteiger partial charge on any atom is -0.508 e. The highest BCUT2D eigenvalue weighted by Crippen LogP contribution is 2.33. The summed E-state index contributed by atoms with van der Waals surface area (Å²) in [6.07, 6.45) is -0.935. The maximum absolute atomic E-state index is 12.7. The number of benzene rings is 2. The van der Waals surface area contributed by atoms with E-state index in [9.17, 15) is 18.3 Å². The molecule has 26 heavy (non-hydrogen) atoms. The molecule has 0 radical (unpaired) electrons. The zero-order valence-electron chi connectivity index (χ0n) is 14.4. The minimum absolute atomic E-state index is 0.0803. The van der Waals surface area contributed by atoms with E-state index >= 15 is 0 Å². The van der Waals surface area contributed by atoms with Gasteiger partial charge < -0.3 is 10.4 Å². The highest BCUT2D eigenvalue weighted by Gasteiger charge is 2.29. The first-order valence-corrected chi connectivity index (χ1v) is 7.88. The van der Waals surface area contributed by atoms with Crippen molar-refractivity contribution in [1.29, 1.82) is 0 Å². The van der Waals surface area contributed by atoms with Crippen LogP contribution in [0.4, 0.5) is 24.5 Å². The zero-order valence-corrected chi connectivity index (χ0v) is 14.4. The normalized spacial score (nSPS) is 12.4. The molecule has 0 saturated heterocycles. The first-order chi connectivity index (χ1) is 12.3. The van der Waals surface area contributed by atoms with Gasteiger partial charge in [-0.25, -0.2) is 0 Å². The number of aliphatic hydroxyl groups excluding tert-OH is 1. The standard InChI is InChI=1S/C20H19F3N2O/c1-4-18(24-5-2)17-12-14(13(3)26)6-11-19(17)25-16-9-7-15(8-10-16)20(21,22)23/h4-12,25-26H,3H2,1-2H3/b18-4-,24-5?. The average molecular weight is 360 g/mol. The van der Waals surface area contributed by atoms with Gasteiger partial charge in [0, 0.05) is 28.7 Å². The number of anilines is 2. The molecule has 0 aliphatic rings. The third kappa shape index (κ3) is 4.53. The number of halogens is 3. The van der Waals surface area contributed by atoms with Gasteiger partial charge in [0.05, 0.1) is 11.3 Å². The molecule has 2 aromatic rings. The molecule has 0 fully saturated rings. The van der Waals surface area contributed by atoms with Gasteiger partial charge >= 0.3 is 6.18 Å². The molecule has 0 spiro atoms. The molecule has 0 amide bonds. The van der Waals surface area contributed by atoms with Crippen molar-refractivity contribution in [3.05, 3.63) is 71.8 Å². The lowest BCUT2D eigenvalue weighted by atomic mass is 10.0. The Balaban J connectivity index is 2.43. The van der Waals surface area contributed by atoms with E-state index in [1.807, 2.05) is 6.92 Å². The Labute approximate surface area is 150 Å². The smallest absolute Gasteiger partial charge is 0.416 e. The van der Waals surface area contributed by atoms with Gasteiger partial charge in [-0.05, 0) is 56.3 Å². The topological polar surface area (TPSA) is 44.6 Å². The van der Waals surface area contributed by atoms with Crippen molar-refractivity contribution in [2.45, 2.75) is 20.0 Å². The zero-order chi connectivity index (χ0) is 19.3. The Morgan fingerprint density at radius 2 is 1.77 bits per heavy atom. The Kier molecular flexibility index (Phi) is 5.87. The molecule has 2 aromatic carbocycles. The molecule has 0 aliphatic carbocycles. The van der Waals surface area contributed by atoms with Crippen LogP contribution in [0, 0.1) is 0 Å². The summed E-state index contributed by atoms with van der Waals surface area (Å²) in [6.45, 7) is 7.12. The number of aliphatic hydroxyl groups is 1. The van der Waals surface area contributed by atoms with Gasteiger partial charge in [-0.2, -0.15) is 13.2 Å². The molecule has 2 rings (SSSR count). The van der Waals surface area contributed by atoms with E-state index in [4.69, 9.17) is 0 Å². The second-order valence-corrected chi connectivity index (χ2v) is 5.47. The van der Waals surface area contributed by atoms with Gasteiger partial charge in [0.1, 0.15) is 5.76 Å². The van der Waals surface area contributed by atoms with E-state index in [0.717, 1.165) is 12.1 Å². The number of hydrogen-bond donors (Lipinski definition) is 2. The van der Waals surface area contributed by atoms with Gasteiger partial charge in [-0.15, -0.1) is 0 Å². The molecular weight excluding hydrogens is 341 g/mol. The summed E-state index contributed by atoms with van der Waals surface area (Å²) in [5.41, 5.74) is 2.32. The number of nitrogens with zero attached hydrogens (tertiary/aromatic N) is 1. The molecule has 0 saturated carbocycles. The van der Waals surface area contributed by atoms with Crippen LogP contribution < -0.4 is 5.32 Å². The van der Waals surface area contributed by atoms with Gasteiger partial charge in [-0.3, -0.25) is 4.99 Å². The number of rotatable bonds is 5. The lowest BCUT2D eigenvalue weighted by molar-refractivity contribution is -0.137. The van der Waals surface area contributed by atoms with Crippen molar-refractivity contribution >= 4 is 29.0 Å². The predicted octanol–water partition coefficient (Wildman–Crippen LogP) is 6.43. The first-order valence-electron chi connectivity index (χ1n) is 7.88. The lowest BCUT2D eigenvalue weighted by Crippen LogP contribution is -2.04. The summed E-state index contributed by atoms with van der Waals surface area (Å²) >= 11 is 0. The quantitative estimate of drug-likeness (QED) is 0.477. The number of alkyl halides is 3. The van der Waals surface area contributed by atoms with Crippen LogP contribution in [-0.4, -0.2) is 11.3 Å². The van der Waals surface area contributed by atoms with E-state index in [1.54, 1.807) is 37.4 Å². The van der Waals surface area contributed by atoms with Crippen molar-refractivity contribution in [2.75, 3.05) is 5.32 Å². The minimum atomic E-state index is -4.37. The molecule has 3 nitrogen and oxygen atoms in total. The Morgan fingerprint density at radius 3 is 2.27 bits per heavy atom. The van der Waals surface area contributed by atoms with Crippen molar-refractivity contribution in [1.82, 2.24) is 0 Å². The van der Waals surface area contributed by atoms with Crippen LogP contribution in [0.3, 0.4) is 0 Å². The lowest BCUT2D eigenvalue weighted by Gasteiger charge is -2.15. The largest absolute Gasteiger partial charge is 0.508 e. The molecule has 0 heterocycles. The van der Waals surface area contributed by atoms with E-state index in [1.165, 1.54) is 12.1 Å². The van der Waals surface area contributed by atoms with Crippen molar-refractivity contribution in [3.8, 4) is 0 Å². The summed E-state index contributed by atoms with van der Waals surface area (Å²) in [6, 6.07) is 9.88. The summed E-state index contributed by atoms with van der Waals surface area (Å²) in [7, 11) is 0. The van der Waals surface area contributed by atoms with Gasteiger partial charge in [0.2, 0.25) is 0 Å². The van der Waals surface area contributed by atoms with E-state index in [-0.39, 0.29) is 5.76 Å². The fourth-order valence-corrected chi connectivity index (χ4v) is 2.38. The molecule has 0 aliphatic heterocycles. The second kappa shape index (κ2) is 7.91. The second-order valence-electron chi connectivity index (χ2n) is 5.47. The van der Waals surface area contributed by atoms with Crippen LogP contribution in [0.25, 0.3) is 11.5 Å². The Morgan fingerprint density at radius 1 is 1.12 bits per heavy atom. The first kappa shape index (κ1) is 19.3. The van der Waals surface area contributed by atoms with Crippen LogP contribution >= 0.6 is 0 Å². The third-order valence-corrected chi connectivity index (χ3v) is 3.66. The average Bonchev–Trinajstić information content (AvgIpc) is 2.59. The number of allylic oxidation sites excluding steroid dienone is 1. The Bertz CT molecular complexity index is 850. The summed E-state index contributed by atoms with van der Waals surface area (Å²) in [5, 5.41) is 12.7. The number of aliphatic imine (C=N–C) groups is 1. The maximum Gasteiger partial charge on any atom is 0.416 e. The van der Waals surface area contributed by atoms with E-state index < -0.39 is 11.7 Å². The van der Waals surface area contributed by atoms with Crippen molar-refractivity contribution in [3.63, 3.8) is 0 Å². The van der Waals surface area contributed by atoms with Crippen LogP contribution in [-0.2, 0) is 6.18 Å². The van der Waals surface area contributed by atoms with E-state index in [0.29, 0.717) is 28.2 Å². The molecule has 2 N–H and O–H groups in total. The molecule has 0 unspecified atom stereocenters. The molecule has 0 bridgehead atoms. The third-order valence-electron chi connectivity index (χ3n) is 3.66. The number of hydrogen-bond acceptors (Lipinski definition) is 3. The van der Waals surface area contributed by atoms with Gasteiger partial charge in [-0.1, -0.05) is 12.7 Å².